The Labute approximate surface area is 200 Å². The summed E-state index contributed by atoms with van der Waals surface area (Å²) in [5.41, 5.74) is 2.79. The number of aryl methyl sites for hydroxylation is 1. The van der Waals surface area contributed by atoms with Gasteiger partial charge in [-0.2, -0.15) is 0 Å². The van der Waals surface area contributed by atoms with Crippen LogP contribution in [0.15, 0.2) is 71.6 Å². The molecule has 0 unspecified atom stereocenters. The van der Waals surface area contributed by atoms with Gasteiger partial charge in [-0.25, -0.2) is 8.42 Å². The summed E-state index contributed by atoms with van der Waals surface area (Å²) in [4.78, 5) is 14.8. The summed E-state index contributed by atoms with van der Waals surface area (Å²) in [6.45, 7) is 3.59. The van der Waals surface area contributed by atoms with Crippen molar-refractivity contribution in [2.75, 3.05) is 25.0 Å². The lowest BCUT2D eigenvalue weighted by Crippen LogP contribution is -2.41. The Morgan fingerprint density at radius 2 is 1.61 bits per heavy atom. The molecule has 0 aliphatic carbocycles. The maximum Gasteiger partial charge on any atom is 0.264 e. The number of amides is 1. The quantitative estimate of drug-likeness (QED) is 0.458. The first-order chi connectivity index (χ1) is 15.6. The van der Waals surface area contributed by atoms with Crippen molar-refractivity contribution in [3.8, 4) is 5.75 Å². The van der Waals surface area contributed by atoms with Crippen LogP contribution in [0.4, 0.5) is 5.69 Å². The lowest BCUT2D eigenvalue weighted by molar-refractivity contribution is -0.128. The first-order valence-corrected chi connectivity index (χ1v) is 12.2. The van der Waals surface area contributed by atoms with Gasteiger partial charge in [0, 0.05) is 18.6 Å². The zero-order valence-corrected chi connectivity index (χ0v) is 20.7. The number of methoxy groups -OCH3 is 1. The van der Waals surface area contributed by atoms with E-state index in [0.29, 0.717) is 22.8 Å². The largest absolute Gasteiger partial charge is 0.497 e. The van der Waals surface area contributed by atoms with E-state index in [1.807, 2.05) is 31.2 Å². The van der Waals surface area contributed by atoms with Gasteiger partial charge in [0.1, 0.15) is 12.3 Å². The van der Waals surface area contributed by atoms with Crippen molar-refractivity contribution >= 4 is 33.2 Å². The molecule has 3 rings (SSSR count). The molecule has 174 valence electrons. The smallest absolute Gasteiger partial charge is 0.264 e. The number of halogens is 1. The molecule has 33 heavy (non-hydrogen) atoms. The van der Waals surface area contributed by atoms with Gasteiger partial charge < -0.3 is 9.64 Å². The Kier molecular flexibility index (Phi) is 7.66. The van der Waals surface area contributed by atoms with Crippen LogP contribution < -0.4 is 9.04 Å². The first-order valence-electron chi connectivity index (χ1n) is 10.3. The van der Waals surface area contributed by atoms with E-state index in [2.05, 4.69) is 0 Å². The molecule has 0 saturated heterocycles. The Bertz CT molecular complexity index is 1230. The highest BCUT2D eigenvalue weighted by atomic mass is 35.5. The molecule has 0 saturated carbocycles. The Balaban J connectivity index is 1.92. The van der Waals surface area contributed by atoms with Crippen molar-refractivity contribution in [2.45, 2.75) is 25.3 Å². The standard InChI is InChI=1S/C25H27ClN2O4S/c1-18-8-14-22(15-9-18)33(30,31)28(24-7-5-6-23(26)19(24)2)17-25(29)27(3)16-20-10-12-21(32-4)13-11-20/h5-15H,16-17H2,1-4H3. The number of sulfonamides is 1. The molecule has 0 N–H and O–H groups in total. The van der Waals surface area contributed by atoms with E-state index in [1.54, 1.807) is 63.5 Å². The van der Waals surface area contributed by atoms with Gasteiger partial charge in [-0.15, -0.1) is 0 Å². The predicted octanol–water partition coefficient (Wildman–Crippen LogP) is 4.82. The minimum absolute atomic E-state index is 0.109. The van der Waals surface area contributed by atoms with E-state index < -0.39 is 10.0 Å². The first kappa shape index (κ1) is 24.6. The summed E-state index contributed by atoms with van der Waals surface area (Å²) >= 11 is 6.28. The molecule has 8 heteroatoms. The monoisotopic (exact) mass is 486 g/mol. The second kappa shape index (κ2) is 10.3. The third kappa shape index (κ3) is 5.67. The number of anilines is 1. The third-order valence-electron chi connectivity index (χ3n) is 5.40. The van der Waals surface area contributed by atoms with Crippen molar-refractivity contribution in [3.05, 3.63) is 88.4 Å². The van der Waals surface area contributed by atoms with Crippen molar-refractivity contribution < 1.29 is 17.9 Å². The topological polar surface area (TPSA) is 66.9 Å². The van der Waals surface area contributed by atoms with Gasteiger partial charge in [0.25, 0.3) is 10.0 Å². The highest BCUT2D eigenvalue weighted by Crippen LogP contribution is 2.31. The summed E-state index contributed by atoms with van der Waals surface area (Å²) in [7, 11) is -0.774. The molecule has 0 atom stereocenters. The molecule has 0 aliphatic rings. The van der Waals surface area contributed by atoms with Crippen LogP contribution in [0.2, 0.25) is 5.02 Å². The van der Waals surface area contributed by atoms with Gasteiger partial charge in [0.05, 0.1) is 17.7 Å². The van der Waals surface area contributed by atoms with Crippen molar-refractivity contribution in [1.82, 2.24) is 4.90 Å². The second-order valence-corrected chi connectivity index (χ2v) is 10.1. The number of rotatable bonds is 8. The third-order valence-corrected chi connectivity index (χ3v) is 7.58. The molecule has 6 nitrogen and oxygen atoms in total. The van der Waals surface area contributed by atoms with Crippen LogP contribution in [0.1, 0.15) is 16.7 Å². The normalized spacial score (nSPS) is 11.2. The van der Waals surface area contributed by atoms with Crippen LogP contribution >= 0.6 is 11.6 Å². The molecule has 3 aromatic carbocycles. The highest BCUT2D eigenvalue weighted by Gasteiger charge is 2.29. The average molecular weight is 487 g/mol. The maximum absolute atomic E-state index is 13.6. The van der Waals surface area contributed by atoms with Crippen LogP contribution in [-0.4, -0.2) is 39.9 Å². The van der Waals surface area contributed by atoms with Gasteiger partial charge in [0.2, 0.25) is 5.91 Å². The zero-order chi connectivity index (χ0) is 24.2. The van der Waals surface area contributed by atoms with Crippen LogP contribution in [0, 0.1) is 13.8 Å². The SMILES string of the molecule is COc1ccc(CN(C)C(=O)CN(c2cccc(Cl)c2C)S(=O)(=O)c2ccc(C)cc2)cc1. The van der Waals surface area contributed by atoms with Gasteiger partial charge in [-0.05, 0) is 61.4 Å². The Morgan fingerprint density at radius 1 is 0.970 bits per heavy atom. The minimum atomic E-state index is -4.01. The summed E-state index contributed by atoms with van der Waals surface area (Å²) in [5.74, 6) is 0.375. The predicted molar refractivity (Wildman–Crippen MR) is 131 cm³/mol. The molecule has 0 spiro atoms. The fourth-order valence-corrected chi connectivity index (χ4v) is 4.98. The number of hydrogen-bond donors (Lipinski definition) is 0. The van der Waals surface area contributed by atoms with E-state index in [9.17, 15) is 13.2 Å². The highest BCUT2D eigenvalue weighted by molar-refractivity contribution is 7.92. The minimum Gasteiger partial charge on any atom is -0.497 e. The molecule has 0 heterocycles. The van der Waals surface area contributed by atoms with E-state index in [1.165, 1.54) is 4.90 Å². The Morgan fingerprint density at radius 3 is 2.21 bits per heavy atom. The summed E-state index contributed by atoms with van der Waals surface area (Å²) in [6, 6.07) is 18.9. The van der Waals surface area contributed by atoms with Gasteiger partial charge in [0.15, 0.2) is 0 Å². The number of ether oxygens (including phenoxy) is 1. The molecular weight excluding hydrogens is 460 g/mol. The van der Waals surface area contributed by atoms with Crippen molar-refractivity contribution in [3.63, 3.8) is 0 Å². The van der Waals surface area contributed by atoms with Gasteiger partial charge >= 0.3 is 0 Å². The molecule has 0 aliphatic heterocycles. The van der Waals surface area contributed by atoms with Crippen molar-refractivity contribution in [1.29, 1.82) is 0 Å². The van der Waals surface area contributed by atoms with Crippen LogP contribution in [-0.2, 0) is 21.4 Å². The van der Waals surface area contributed by atoms with E-state index in [4.69, 9.17) is 16.3 Å². The summed E-state index contributed by atoms with van der Waals surface area (Å²) < 4.78 is 33.5. The average Bonchev–Trinajstić information content (AvgIpc) is 2.80. The summed E-state index contributed by atoms with van der Waals surface area (Å²) in [5, 5.41) is 0.427. The lowest BCUT2D eigenvalue weighted by atomic mass is 10.2. The molecule has 1 amide bonds. The molecule has 3 aromatic rings. The number of likely N-dealkylation sites (N-methyl/N-ethyl adjacent to an activating group) is 1. The summed E-state index contributed by atoms with van der Waals surface area (Å²) in [6.07, 6.45) is 0. The molecule has 0 fully saturated rings. The van der Waals surface area contributed by atoms with Crippen LogP contribution in [0.3, 0.4) is 0 Å². The van der Waals surface area contributed by atoms with E-state index >= 15 is 0 Å². The maximum atomic E-state index is 13.6. The number of nitrogens with zero attached hydrogens (tertiary/aromatic N) is 2. The fraction of sp³-hybridized carbons (Fsp3) is 0.240. The van der Waals surface area contributed by atoms with E-state index in [0.717, 1.165) is 21.2 Å². The lowest BCUT2D eigenvalue weighted by Gasteiger charge is -2.28. The molecule has 0 bridgehead atoms. The van der Waals surface area contributed by atoms with Crippen LogP contribution in [0.5, 0.6) is 5.75 Å². The van der Waals surface area contributed by atoms with Gasteiger partial charge in [-0.3, -0.25) is 9.10 Å². The fourth-order valence-electron chi connectivity index (χ4n) is 3.34. The number of carbonyl (C=O) groups excluding carboxylic acids is 1. The van der Waals surface area contributed by atoms with Gasteiger partial charge in [-0.1, -0.05) is 47.5 Å². The van der Waals surface area contributed by atoms with Crippen molar-refractivity contribution in [2.24, 2.45) is 0 Å². The molecular formula is C25H27ClN2O4S. The number of carbonyl (C=O) groups is 1. The zero-order valence-electron chi connectivity index (χ0n) is 19.1. The van der Waals surface area contributed by atoms with E-state index in [-0.39, 0.29) is 17.3 Å². The second-order valence-electron chi connectivity index (χ2n) is 7.81. The number of hydrogen-bond acceptors (Lipinski definition) is 4. The Hall–Kier alpha value is -3.03. The number of benzene rings is 3. The molecule has 0 aromatic heterocycles. The molecule has 0 radical (unpaired) electrons. The van der Waals surface area contributed by atoms with Crippen LogP contribution in [0.25, 0.3) is 0 Å².